The van der Waals surface area contributed by atoms with Crippen molar-refractivity contribution >= 4 is 5.78 Å². The third-order valence-corrected chi connectivity index (χ3v) is 3.69. The lowest BCUT2D eigenvalue weighted by Crippen LogP contribution is -2.17. The Balaban J connectivity index is 2.15. The zero-order valence-corrected chi connectivity index (χ0v) is 11.5. The predicted molar refractivity (Wildman–Crippen MR) is 73.0 cm³/mol. The first-order valence-electron chi connectivity index (χ1n) is 6.89. The molecule has 1 aromatic rings. The summed E-state index contributed by atoms with van der Waals surface area (Å²) in [6, 6.07) is 7.60. The first kappa shape index (κ1) is 13.1. The van der Waals surface area contributed by atoms with Gasteiger partial charge in [0, 0.05) is 11.5 Å². The smallest absolute Gasteiger partial charge is 0.166 e. The average molecular weight is 246 g/mol. The van der Waals surface area contributed by atoms with Crippen molar-refractivity contribution in [3.63, 3.8) is 0 Å². The molecule has 1 aromatic carbocycles. The number of ether oxygens (including phenoxy) is 1. The van der Waals surface area contributed by atoms with E-state index in [-0.39, 0.29) is 17.8 Å². The number of hydrogen-bond donors (Lipinski definition) is 0. The van der Waals surface area contributed by atoms with E-state index in [0.29, 0.717) is 5.92 Å². The molecule has 0 aliphatic heterocycles. The molecule has 1 saturated carbocycles. The Morgan fingerprint density at radius 2 is 2.11 bits per heavy atom. The van der Waals surface area contributed by atoms with Gasteiger partial charge >= 0.3 is 0 Å². The second-order valence-corrected chi connectivity index (χ2v) is 5.57. The SMILES string of the molecule is CC(C)Oc1cccc(C(=O)C2CCCC2C)c1. The third-order valence-electron chi connectivity index (χ3n) is 3.69. The molecule has 2 heteroatoms. The molecule has 18 heavy (non-hydrogen) atoms. The van der Waals surface area contributed by atoms with Crippen LogP contribution in [0, 0.1) is 11.8 Å². The summed E-state index contributed by atoms with van der Waals surface area (Å²) < 4.78 is 5.64. The maximum Gasteiger partial charge on any atom is 0.166 e. The molecule has 0 N–H and O–H groups in total. The molecule has 2 unspecified atom stereocenters. The molecule has 1 aliphatic rings. The zero-order chi connectivity index (χ0) is 13.1. The van der Waals surface area contributed by atoms with Gasteiger partial charge in [0.15, 0.2) is 5.78 Å². The third kappa shape index (κ3) is 2.92. The molecule has 2 rings (SSSR count). The molecule has 98 valence electrons. The molecule has 0 aromatic heterocycles. The van der Waals surface area contributed by atoms with E-state index in [1.54, 1.807) is 0 Å². The topological polar surface area (TPSA) is 26.3 Å². The zero-order valence-electron chi connectivity index (χ0n) is 11.5. The number of carbonyl (C=O) groups is 1. The quantitative estimate of drug-likeness (QED) is 0.748. The molecule has 0 heterocycles. The van der Waals surface area contributed by atoms with E-state index < -0.39 is 0 Å². The van der Waals surface area contributed by atoms with Crippen LogP contribution in [-0.2, 0) is 0 Å². The molecular formula is C16H22O2. The summed E-state index contributed by atoms with van der Waals surface area (Å²) in [5.41, 5.74) is 0.798. The fourth-order valence-electron chi connectivity index (χ4n) is 2.74. The van der Waals surface area contributed by atoms with Crippen molar-refractivity contribution in [2.75, 3.05) is 0 Å². The van der Waals surface area contributed by atoms with E-state index in [2.05, 4.69) is 6.92 Å². The van der Waals surface area contributed by atoms with Crippen LogP contribution in [0.1, 0.15) is 50.4 Å². The van der Waals surface area contributed by atoms with Gasteiger partial charge in [-0.05, 0) is 44.7 Å². The van der Waals surface area contributed by atoms with Gasteiger partial charge in [0.05, 0.1) is 6.10 Å². The van der Waals surface area contributed by atoms with Gasteiger partial charge in [0.25, 0.3) is 0 Å². The number of ketones is 1. The van der Waals surface area contributed by atoms with Gasteiger partial charge < -0.3 is 4.74 Å². The number of rotatable bonds is 4. The average Bonchev–Trinajstić information content (AvgIpc) is 2.74. The Morgan fingerprint density at radius 1 is 1.33 bits per heavy atom. The van der Waals surface area contributed by atoms with E-state index in [1.165, 1.54) is 12.8 Å². The highest BCUT2D eigenvalue weighted by Crippen LogP contribution is 2.34. The monoisotopic (exact) mass is 246 g/mol. The van der Waals surface area contributed by atoms with Gasteiger partial charge in [-0.3, -0.25) is 4.79 Å². The maximum absolute atomic E-state index is 12.4. The summed E-state index contributed by atoms with van der Waals surface area (Å²) >= 11 is 0. The Bertz CT molecular complexity index is 423. The van der Waals surface area contributed by atoms with E-state index in [1.807, 2.05) is 38.1 Å². The van der Waals surface area contributed by atoms with Crippen molar-refractivity contribution < 1.29 is 9.53 Å². The number of carbonyl (C=O) groups excluding carboxylic acids is 1. The largest absolute Gasteiger partial charge is 0.491 e. The summed E-state index contributed by atoms with van der Waals surface area (Å²) in [5, 5.41) is 0. The summed E-state index contributed by atoms with van der Waals surface area (Å²) in [6.45, 7) is 6.17. The molecule has 2 atom stereocenters. The summed E-state index contributed by atoms with van der Waals surface area (Å²) in [7, 11) is 0. The van der Waals surface area contributed by atoms with Crippen LogP contribution < -0.4 is 4.74 Å². The fraction of sp³-hybridized carbons (Fsp3) is 0.562. The summed E-state index contributed by atoms with van der Waals surface area (Å²) in [4.78, 5) is 12.4. The molecular weight excluding hydrogens is 224 g/mol. The van der Waals surface area contributed by atoms with Crippen molar-refractivity contribution in [1.29, 1.82) is 0 Å². The van der Waals surface area contributed by atoms with Crippen LogP contribution in [-0.4, -0.2) is 11.9 Å². The first-order valence-corrected chi connectivity index (χ1v) is 6.89. The maximum atomic E-state index is 12.4. The van der Waals surface area contributed by atoms with Crippen LogP contribution >= 0.6 is 0 Å². The Morgan fingerprint density at radius 3 is 2.72 bits per heavy atom. The lowest BCUT2D eigenvalue weighted by Gasteiger charge is -2.15. The summed E-state index contributed by atoms with van der Waals surface area (Å²) in [6.07, 6.45) is 3.54. The van der Waals surface area contributed by atoms with Gasteiger partial charge in [-0.15, -0.1) is 0 Å². The van der Waals surface area contributed by atoms with Crippen LogP contribution in [0.2, 0.25) is 0 Å². The minimum atomic E-state index is 0.140. The van der Waals surface area contributed by atoms with Crippen LogP contribution in [0.15, 0.2) is 24.3 Å². The van der Waals surface area contributed by atoms with Gasteiger partial charge in [0.2, 0.25) is 0 Å². The number of Topliss-reactive ketones (excluding diaryl/α,β-unsaturated/α-hetero) is 1. The molecule has 1 aliphatic carbocycles. The van der Waals surface area contributed by atoms with Gasteiger partial charge in [-0.2, -0.15) is 0 Å². The molecule has 0 bridgehead atoms. The predicted octanol–water partition coefficient (Wildman–Crippen LogP) is 4.09. The second-order valence-electron chi connectivity index (χ2n) is 5.57. The van der Waals surface area contributed by atoms with Gasteiger partial charge in [0.1, 0.15) is 5.75 Å². The van der Waals surface area contributed by atoms with E-state index in [0.717, 1.165) is 17.7 Å². The van der Waals surface area contributed by atoms with Crippen molar-refractivity contribution in [3.8, 4) is 5.75 Å². The van der Waals surface area contributed by atoms with Crippen LogP contribution in [0.5, 0.6) is 5.75 Å². The van der Waals surface area contributed by atoms with E-state index in [4.69, 9.17) is 4.74 Å². The number of hydrogen-bond acceptors (Lipinski definition) is 2. The van der Waals surface area contributed by atoms with Crippen molar-refractivity contribution in [2.45, 2.75) is 46.1 Å². The van der Waals surface area contributed by atoms with E-state index in [9.17, 15) is 4.79 Å². The van der Waals surface area contributed by atoms with Crippen molar-refractivity contribution in [3.05, 3.63) is 29.8 Å². The first-order chi connectivity index (χ1) is 8.58. The van der Waals surface area contributed by atoms with E-state index >= 15 is 0 Å². The Kier molecular flexibility index (Phi) is 4.05. The fourth-order valence-corrected chi connectivity index (χ4v) is 2.74. The normalized spacial score (nSPS) is 23.3. The molecule has 1 fully saturated rings. The minimum Gasteiger partial charge on any atom is -0.491 e. The highest BCUT2D eigenvalue weighted by molar-refractivity contribution is 5.98. The standard InChI is InChI=1S/C16H22O2/c1-11(2)18-14-8-5-7-13(10-14)16(17)15-9-4-6-12(15)3/h5,7-8,10-12,15H,4,6,9H2,1-3H3. The lowest BCUT2D eigenvalue weighted by atomic mass is 9.89. The highest BCUT2D eigenvalue weighted by Gasteiger charge is 2.30. The van der Waals surface area contributed by atoms with Gasteiger partial charge in [-0.25, -0.2) is 0 Å². The minimum absolute atomic E-state index is 0.140. The van der Waals surface area contributed by atoms with Crippen LogP contribution in [0.3, 0.4) is 0 Å². The summed E-state index contributed by atoms with van der Waals surface area (Å²) in [5.74, 6) is 1.81. The van der Waals surface area contributed by atoms with Crippen LogP contribution in [0.4, 0.5) is 0 Å². The molecule has 0 saturated heterocycles. The van der Waals surface area contributed by atoms with Crippen molar-refractivity contribution in [2.24, 2.45) is 11.8 Å². The second kappa shape index (κ2) is 5.55. The highest BCUT2D eigenvalue weighted by atomic mass is 16.5. The molecule has 2 nitrogen and oxygen atoms in total. The van der Waals surface area contributed by atoms with Crippen molar-refractivity contribution in [1.82, 2.24) is 0 Å². The Hall–Kier alpha value is -1.31. The molecule has 0 spiro atoms. The van der Waals surface area contributed by atoms with Crippen LogP contribution in [0.25, 0.3) is 0 Å². The van der Waals surface area contributed by atoms with Gasteiger partial charge in [-0.1, -0.05) is 25.5 Å². The number of benzene rings is 1. The Labute approximate surface area is 109 Å². The molecule has 0 amide bonds. The molecule has 0 radical (unpaired) electrons. The lowest BCUT2D eigenvalue weighted by molar-refractivity contribution is 0.0896.